The zero-order chi connectivity index (χ0) is 22.1. The average molecular weight is 417 g/mol. The van der Waals surface area contributed by atoms with Crippen molar-refractivity contribution in [2.24, 2.45) is 10.4 Å². The Balaban J connectivity index is 1.73. The first-order valence-electron chi connectivity index (χ1n) is 10.5. The maximum atomic E-state index is 13.3. The lowest BCUT2D eigenvalue weighted by Gasteiger charge is -2.42. The molecule has 1 aliphatic heterocycles. The monoisotopic (exact) mass is 416 g/mol. The van der Waals surface area contributed by atoms with Gasteiger partial charge in [-0.05, 0) is 23.1 Å². The molecule has 0 amide bonds. The van der Waals surface area contributed by atoms with Crippen molar-refractivity contribution in [2.45, 2.75) is 39.1 Å². The summed E-state index contributed by atoms with van der Waals surface area (Å²) in [5.74, 6) is -1.97. The van der Waals surface area contributed by atoms with E-state index in [4.69, 9.17) is 9.73 Å². The molecule has 0 fully saturated rings. The number of fused-ring (bicyclic) bond motifs is 1. The number of nitrogens with one attached hydrogen (secondary N) is 1. The van der Waals surface area contributed by atoms with E-state index >= 15 is 0 Å². The predicted octanol–water partition coefficient (Wildman–Crippen LogP) is 4.06. The van der Waals surface area contributed by atoms with Crippen LogP contribution in [0.3, 0.4) is 0 Å². The van der Waals surface area contributed by atoms with Crippen LogP contribution in [-0.2, 0) is 11.3 Å². The van der Waals surface area contributed by atoms with Gasteiger partial charge < -0.3 is 15.2 Å². The molecule has 0 aromatic heterocycles. The van der Waals surface area contributed by atoms with E-state index in [1.807, 2.05) is 48.5 Å². The van der Waals surface area contributed by atoms with E-state index in [-0.39, 0.29) is 29.6 Å². The number of ether oxygens (including phenoxy) is 1. The zero-order valence-corrected chi connectivity index (χ0v) is 18.1. The van der Waals surface area contributed by atoms with E-state index in [1.54, 1.807) is 24.3 Å². The average Bonchev–Trinajstić information content (AvgIpc) is 2.77. The molecule has 1 aliphatic carbocycles. The molecule has 2 atom stereocenters. The van der Waals surface area contributed by atoms with E-state index in [9.17, 15) is 9.90 Å². The molecule has 0 radical (unpaired) electrons. The first-order chi connectivity index (χ1) is 14.8. The van der Waals surface area contributed by atoms with Gasteiger partial charge in [0.25, 0.3) is 5.79 Å². The highest BCUT2D eigenvalue weighted by Crippen LogP contribution is 2.36. The fourth-order valence-electron chi connectivity index (χ4n) is 3.71. The van der Waals surface area contributed by atoms with Crippen molar-refractivity contribution >= 4 is 11.5 Å². The highest BCUT2D eigenvalue weighted by molar-refractivity contribution is 6.31. The molecule has 5 heteroatoms. The molecule has 5 nitrogen and oxygen atoms in total. The van der Waals surface area contributed by atoms with E-state index < -0.39 is 5.79 Å². The van der Waals surface area contributed by atoms with Gasteiger partial charge in [-0.1, -0.05) is 81.4 Å². The second kappa shape index (κ2) is 8.25. The van der Waals surface area contributed by atoms with Gasteiger partial charge in [-0.2, -0.15) is 0 Å². The van der Waals surface area contributed by atoms with E-state index in [1.165, 1.54) is 0 Å². The molecule has 2 aliphatic rings. The van der Waals surface area contributed by atoms with Gasteiger partial charge in [0.2, 0.25) is 0 Å². The normalized spacial score (nSPS) is 23.2. The maximum absolute atomic E-state index is 13.3. The summed E-state index contributed by atoms with van der Waals surface area (Å²) in [5, 5.41) is 14.9. The number of Topliss-reactive ketones (excluding diaryl/α,β-unsaturated/α-hetero) is 1. The van der Waals surface area contributed by atoms with Crippen LogP contribution in [0.15, 0.2) is 89.1 Å². The van der Waals surface area contributed by atoms with Crippen molar-refractivity contribution in [3.05, 3.63) is 95.2 Å². The van der Waals surface area contributed by atoms with Crippen molar-refractivity contribution in [1.29, 1.82) is 0 Å². The third-order valence-corrected chi connectivity index (χ3v) is 5.70. The largest absolute Gasteiger partial charge is 0.380 e. The van der Waals surface area contributed by atoms with Gasteiger partial charge in [0, 0.05) is 17.7 Å². The van der Waals surface area contributed by atoms with Crippen LogP contribution in [-0.4, -0.2) is 35.0 Å². The van der Waals surface area contributed by atoms with Crippen LogP contribution >= 0.6 is 0 Å². The van der Waals surface area contributed by atoms with Crippen LogP contribution in [0.5, 0.6) is 0 Å². The molecule has 0 saturated carbocycles. The van der Waals surface area contributed by atoms with E-state index in [0.717, 1.165) is 5.56 Å². The Morgan fingerprint density at radius 1 is 1.10 bits per heavy atom. The summed E-state index contributed by atoms with van der Waals surface area (Å²) in [4.78, 5) is 18.1. The fraction of sp³-hybridized carbons (Fsp3) is 0.308. The standard InChI is InChI=1S/C26H28N2O3/c1-25(2,3)22-17-31-26(30)21(27-16-18-10-6-4-7-11-18)15-14-20(24(26)28-22)23(29)19-12-8-5-9-13-19/h4-15,22,27,30H,16-17H2,1-3H3. The number of carbonyl (C=O) groups excluding carboxylic acids is 1. The number of nitrogens with zero attached hydrogens (tertiary/aromatic N) is 1. The minimum absolute atomic E-state index is 0.173. The lowest BCUT2D eigenvalue weighted by Crippen LogP contribution is -2.56. The number of hydrogen-bond donors (Lipinski definition) is 2. The number of carbonyl (C=O) groups is 1. The number of hydrogen-bond acceptors (Lipinski definition) is 5. The van der Waals surface area contributed by atoms with Gasteiger partial charge >= 0.3 is 0 Å². The summed E-state index contributed by atoms with van der Waals surface area (Å²) in [7, 11) is 0. The molecule has 160 valence electrons. The van der Waals surface area contributed by atoms with Gasteiger partial charge in [-0.3, -0.25) is 9.79 Å². The Kier molecular flexibility index (Phi) is 5.65. The van der Waals surface area contributed by atoms with Crippen molar-refractivity contribution in [1.82, 2.24) is 5.32 Å². The van der Waals surface area contributed by atoms with Crippen molar-refractivity contribution in [3.63, 3.8) is 0 Å². The highest BCUT2D eigenvalue weighted by Gasteiger charge is 2.49. The van der Waals surface area contributed by atoms with Crippen molar-refractivity contribution in [2.75, 3.05) is 6.61 Å². The minimum atomic E-state index is -1.79. The molecule has 0 saturated heterocycles. The Morgan fingerprint density at radius 2 is 1.74 bits per heavy atom. The van der Waals surface area contributed by atoms with Gasteiger partial charge in [0.15, 0.2) is 5.78 Å². The second-order valence-electron chi connectivity index (χ2n) is 9.01. The molecule has 4 rings (SSSR count). The Labute approximate surface area is 183 Å². The van der Waals surface area contributed by atoms with Crippen LogP contribution in [0, 0.1) is 5.41 Å². The minimum Gasteiger partial charge on any atom is -0.380 e. The van der Waals surface area contributed by atoms with E-state index in [0.29, 0.717) is 23.4 Å². The molecule has 1 heterocycles. The quantitative estimate of drug-likeness (QED) is 0.721. The number of benzene rings is 2. The second-order valence-corrected chi connectivity index (χ2v) is 9.01. The first-order valence-corrected chi connectivity index (χ1v) is 10.5. The number of aliphatic hydroxyl groups is 1. The molecule has 2 unspecified atom stereocenters. The van der Waals surface area contributed by atoms with Gasteiger partial charge in [0.05, 0.1) is 18.3 Å². The third-order valence-electron chi connectivity index (χ3n) is 5.70. The lowest BCUT2D eigenvalue weighted by molar-refractivity contribution is -0.142. The van der Waals surface area contributed by atoms with Gasteiger partial charge in [-0.25, -0.2) is 0 Å². The number of ketones is 1. The lowest BCUT2D eigenvalue weighted by atomic mass is 9.83. The topological polar surface area (TPSA) is 70.9 Å². The van der Waals surface area contributed by atoms with Gasteiger partial charge in [-0.15, -0.1) is 0 Å². The van der Waals surface area contributed by atoms with Crippen LogP contribution in [0.4, 0.5) is 0 Å². The van der Waals surface area contributed by atoms with Crippen LogP contribution in [0.25, 0.3) is 0 Å². The van der Waals surface area contributed by atoms with Crippen LogP contribution in [0.2, 0.25) is 0 Å². The fourth-order valence-corrected chi connectivity index (χ4v) is 3.71. The summed E-state index contributed by atoms with van der Waals surface area (Å²) < 4.78 is 6.03. The molecular weight excluding hydrogens is 388 g/mol. The smallest absolute Gasteiger partial charge is 0.252 e. The summed E-state index contributed by atoms with van der Waals surface area (Å²) in [5.41, 5.74) is 2.55. The summed E-state index contributed by atoms with van der Waals surface area (Å²) in [6.07, 6.45) is 3.44. The van der Waals surface area contributed by atoms with Gasteiger partial charge in [0.1, 0.15) is 5.71 Å². The number of rotatable bonds is 5. The molecule has 0 bridgehead atoms. The van der Waals surface area contributed by atoms with Crippen molar-refractivity contribution in [3.8, 4) is 0 Å². The summed E-state index contributed by atoms with van der Waals surface area (Å²) >= 11 is 0. The Hall–Kier alpha value is -3.02. The SMILES string of the molecule is CC(C)(C)C1COC2(O)C(NCc3ccccc3)=CC=C(C(=O)c3ccccc3)C2=N1. The molecule has 31 heavy (non-hydrogen) atoms. The third kappa shape index (κ3) is 4.24. The van der Waals surface area contributed by atoms with E-state index in [2.05, 4.69) is 26.1 Å². The summed E-state index contributed by atoms with van der Waals surface area (Å²) in [6.45, 7) is 7.01. The van der Waals surface area contributed by atoms with Crippen LogP contribution in [0.1, 0.15) is 36.7 Å². The highest BCUT2D eigenvalue weighted by atomic mass is 16.6. The first kappa shape index (κ1) is 21.2. The summed E-state index contributed by atoms with van der Waals surface area (Å²) in [6, 6.07) is 18.8. The van der Waals surface area contributed by atoms with Crippen molar-refractivity contribution < 1.29 is 14.6 Å². The predicted molar refractivity (Wildman–Crippen MR) is 122 cm³/mol. The Morgan fingerprint density at radius 3 is 2.39 bits per heavy atom. The molecule has 2 aromatic rings. The zero-order valence-electron chi connectivity index (χ0n) is 18.1. The van der Waals surface area contributed by atoms with Crippen LogP contribution < -0.4 is 5.32 Å². The number of allylic oxidation sites excluding steroid dienone is 2. The maximum Gasteiger partial charge on any atom is 0.252 e. The molecule has 2 N–H and O–H groups in total. The molecular formula is C26H28N2O3. The molecule has 0 spiro atoms. The Bertz CT molecular complexity index is 1050. The number of aliphatic imine (C=N–C) groups is 1. The molecule has 2 aromatic carbocycles.